The Bertz CT molecular complexity index is 592. The molecular weight excluding hydrogens is 252 g/mol. The summed E-state index contributed by atoms with van der Waals surface area (Å²) in [6.45, 7) is 2.61. The molecule has 1 amide bonds. The maximum atomic E-state index is 12.5. The van der Waals surface area contributed by atoms with Crippen molar-refractivity contribution in [3.63, 3.8) is 0 Å². The number of benzene rings is 1. The van der Waals surface area contributed by atoms with Gasteiger partial charge in [-0.25, -0.2) is 0 Å². The van der Waals surface area contributed by atoms with E-state index in [1.54, 1.807) is 13.0 Å². The van der Waals surface area contributed by atoms with E-state index in [1.807, 2.05) is 23.1 Å². The van der Waals surface area contributed by atoms with Gasteiger partial charge in [0.2, 0.25) is 0 Å². The van der Waals surface area contributed by atoms with Crippen molar-refractivity contribution in [2.75, 3.05) is 6.54 Å². The largest absolute Gasteiger partial charge is 0.361 e. The van der Waals surface area contributed by atoms with Crippen molar-refractivity contribution >= 4 is 5.91 Å². The molecule has 2 heterocycles. The van der Waals surface area contributed by atoms with Crippen LogP contribution in [-0.4, -0.2) is 28.6 Å². The second kappa shape index (κ2) is 5.49. The van der Waals surface area contributed by atoms with Crippen LogP contribution in [0.2, 0.25) is 0 Å². The van der Waals surface area contributed by atoms with Crippen molar-refractivity contribution in [3.8, 4) is 0 Å². The highest BCUT2D eigenvalue weighted by molar-refractivity contribution is 5.92. The average molecular weight is 270 g/mol. The third-order valence-corrected chi connectivity index (χ3v) is 3.80. The molecule has 2 aromatic rings. The van der Waals surface area contributed by atoms with E-state index in [0.29, 0.717) is 11.5 Å². The van der Waals surface area contributed by atoms with E-state index >= 15 is 0 Å². The summed E-state index contributed by atoms with van der Waals surface area (Å²) >= 11 is 0. The molecule has 0 bridgehead atoms. The first kappa shape index (κ1) is 12.9. The van der Waals surface area contributed by atoms with Gasteiger partial charge >= 0.3 is 0 Å². The first-order valence-corrected chi connectivity index (χ1v) is 7.02. The lowest BCUT2D eigenvalue weighted by molar-refractivity contribution is 0.0726. The molecule has 3 rings (SSSR count). The summed E-state index contributed by atoms with van der Waals surface area (Å²) in [6.07, 6.45) is 3.01. The van der Waals surface area contributed by atoms with E-state index in [-0.39, 0.29) is 11.9 Å². The Kier molecular flexibility index (Phi) is 3.54. The molecule has 1 saturated heterocycles. The zero-order chi connectivity index (χ0) is 13.9. The molecule has 1 unspecified atom stereocenters. The molecule has 0 spiro atoms. The molecule has 1 aromatic heterocycles. The van der Waals surface area contributed by atoms with Crippen LogP contribution in [0.3, 0.4) is 0 Å². The summed E-state index contributed by atoms with van der Waals surface area (Å²) in [5, 5.41) is 3.84. The van der Waals surface area contributed by atoms with Gasteiger partial charge in [-0.3, -0.25) is 4.79 Å². The molecule has 1 atom stereocenters. The Balaban J connectivity index is 1.74. The molecule has 20 heavy (non-hydrogen) atoms. The maximum Gasteiger partial charge on any atom is 0.276 e. The van der Waals surface area contributed by atoms with Gasteiger partial charge in [0.15, 0.2) is 5.69 Å². The Labute approximate surface area is 118 Å². The van der Waals surface area contributed by atoms with Crippen LogP contribution in [0, 0.1) is 6.92 Å². The average Bonchev–Trinajstić information content (AvgIpc) is 3.08. The molecule has 4 heteroatoms. The molecule has 0 aliphatic carbocycles. The topological polar surface area (TPSA) is 46.3 Å². The van der Waals surface area contributed by atoms with E-state index in [2.05, 4.69) is 17.3 Å². The fraction of sp³-hybridized carbons (Fsp3) is 0.375. The number of rotatable bonds is 3. The van der Waals surface area contributed by atoms with E-state index in [4.69, 9.17) is 4.52 Å². The van der Waals surface area contributed by atoms with Crippen molar-refractivity contribution in [2.45, 2.75) is 32.2 Å². The zero-order valence-electron chi connectivity index (χ0n) is 11.6. The van der Waals surface area contributed by atoms with Crippen molar-refractivity contribution < 1.29 is 9.32 Å². The number of nitrogens with zero attached hydrogens (tertiary/aromatic N) is 2. The second-order valence-corrected chi connectivity index (χ2v) is 5.31. The smallest absolute Gasteiger partial charge is 0.276 e. The van der Waals surface area contributed by atoms with Crippen LogP contribution in [0.1, 0.15) is 34.7 Å². The minimum absolute atomic E-state index is 0.0136. The molecule has 0 saturated carbocycles. The number of carbonyl (C=O) groups is 1. The number of hydrogen-bond donors (Lipinski definition) is 0. The molecule has 1 aliphatic heterocycles. The van der Waals surface area contributed by atoms with Gasteiger partial charge in [-0.15, -0.1) is 0 Å². The van der Waals surface area contributed by atoms with Crippen LogP contribution < -0.4 is 0 Å². The standard InChI is InChI=1S/C16H18N2O2/c1-12-10-15(17-20-12)16(19)18-9-5-8-14(18)11-13-6-3-2-4-7-13/h2-4,6-7,10,14H,5,8-9,11H2,1H3. The highest BCUT2D eigenvalue weighted by Gasteiger charge is 2.30. The van der Waals surface area contributed by atoms with Gasteiger partial charge in [0.1, 0.15) is 5.76 Å². The van der Waals surface area contributed by atoms with Crippen molar-refractivity contribution in [3.05, 3.63) is 53.4 Å². The summed E-state index contributed by atoms with van der Waals surface area (Å²) in [7, 11) is 0. The second-order valence-electron chi connectivity index (χ2n) is 5.31. The number of amides is 1. The zero-order valence-corrected chi connectivity index (χ0v) is 11.6. The van der Waals surface area contributed by atoms with Gasteiger partial charge in [-0.2, -0.15) is 0 Å². The lowest BCUT2D eigenvalue weighted by Gasteiger charge is -2.23. The number of carbonyl (C=O) groups excluding carboxylic acids is 1. The van der Waals surface area contributed by atoms with Gasteiger partial charge in [-0.05, 0) is 31.7 Å². The van der Waals surface area contributed by atoms with E-state index in [1.165, 1.54) is 5.56 Å². The number of hydrogen-bond acceptors (Lipinski definition) is 3. The van der Waals surface area contributed by atoms with Gasteiger partial charge in [0.05, 0.1) is 0 Å². The van der Waals surface area contributed by atoms with Crippen molar-refractivity contribution in [2.24, 2.45) is 0 Å². The van der Waals surface area contributed by atoms with Crippen LogP contribution >= 0.6 is 0 Å². The Morgan fingerprint density at radius 1 is 1.40 bits per heavy atom. The number of aromatic nitrogens is 1. The third kappa shape index (κ3) is 2.59. The van der Waals surface area contributed by atoms with Gasteiger partial charge in [0.25, 0.3) is 5.91 Å². The van der Waals surface area contributed by atoms with Crippen LogP contribution in [-0.2, 0) is 6.42 Å². The van der Waals surface area contributed by atoms with Gasteiger partial charge < -0.3 is 9.42 Å². The number of aryl methyl sites for hydroxylation is 1. The van der Waals surface area contributed by atoms with Crippen molar-refractivity contribution in [1.82, 2.24) is 10.1 Å². The summed E-state index contributed by atoms with van der Waals surface area (Å²) < 4.78 is 5.00. The Morgan fingerprint density at radius 2 is 2.20 bits per heavy atom. The molecular formula is C16H18N2O2. The third-order valence-electron chi connectivity index (χ3n) is 3.80. The summed E-state index contributed by atoms with van der Waals surface area (Å²) in [5.74, 6) is 0.660. The van der Waals surface area contributed by atoms with E-state index in [0.717, 1.165) is 25.8 Å². The van der Waals surface area contributed by atoms with Gasteiger partial charge in [0, 0.05) is 18.7 Å². The van der Waals surface area contributed by atoms with Crippen LogP contribution in [0.5, 0.6) is 0 Å². The fourth-order valence-corrected chi connectivity index (χ4v) is 2.82. The summed E-state index contributed by atoms with van der Waals surface area (Å²) in [4.78, 5) is 14.4. The Morgan fingerprint density at radius 3 is 2.90 bits per heavy atom. The first-order chi connectivity index (χ1) is 9.74. The predicted molar refractivity (Wildman–Crippen MR) is 75.4 cm³/mol. The minimum atomic E-state index is -0.0136. The molecule has 1 aliphatic rings. The van der Waals surface area contributed by atoms with Crippen LogP contribution in [0.15, 0.2) is 40.9 Å². The molecule has 104 valence electrons. The fourth-order valence-electron chi connectivity index (χ4n) is 2.82. The van der Waals surface area contributed by atoms with E-state index in [9.17, 15) is 4.79 Å². The molecule has 0 radical (unpaired) electrons. The monoisotopic (exact) mass is 270 g/mol. The summed E-state index contributed by atoms with van der Waals surface area (Å²) in [5.41, 5.74) is 1.69. The van der Waals surface area contributed by atoms with Crippen molar-refractivity contribution in [1.29, 1.82) is 0 Å². The molecule has 0 N–H and O–H groups in total. The molecule has 4 nitrogen and oxygen atoms in total. The SMILES string of the molecule is Cc1cc(C(=O)N2CCCC2Cc2ccccc2)no1. The molecule has 1 aromatic carbocycles. The minimum Gasteiger partial charge on any atom is -0.361 e. The highest BCUT2D eigenvalue weighted by Crippen LogP contribution is 2.23. The highest BCUT2D eigenvalue weighted by atomic mass is 16.5. The lowest BCUT2D eigenvalue weighted by atomic mass is 10.0. The quantitative estimate of drug-likeness (QED) is 0.861. The normalized spacial score (nSPS) is 18.4. The number of likely N-dealkylation sites (tertiary alicyclic amines) is 1. The lowest BCUT2D eigenvalue weighted by Crippen LogP contribution is -2.37. The van der Waals surface area contributed by atoms with E-state index < -0.39 is 0 Å². The van der Waals surface area contributed by atoms with Crippen LogP contribution in [0.25, 0.3) is 0 Å². The summed E-state index contributed by atoms with van der Waals surface area (Å²) in [6, 6.07) is 12.3. The Hall–Kier alpha value is -2.10. The maximum absolute atomic E-state index is 12.5. The van der Waals surface area contributed by atoms with Gasteiger partial charge in [-0.1, -0.05) is 35.5 Å². The molecule has 1 fully saturated rings. The predicted octanol–water partition coefficient (Wildman–Crippen LogP) is 2.83. The van der Waals surface area contributed by atoms with Crippen LogP contribution in [0.4, 0.5) is 0 Å². The first-order valence-electron chi connectivity index (χ1n) is 7.02.